The Kier molecular flexibility index (Phi) is 3.86. The number of nitrogens with one attached hydrogen (secondary N) is 2. The third kappa shape index (κ3) is 3.20. The second-order valence-corrected chi connectivity index (χ2v) is 5.96. The first-order chi connectivity index (χ1) is 10.1. The summed E-state index contributed by atoms with van der Waals surface area (Å²) in [5, 5.41) is 6.17. The number of hydrogen-bond acceptors (Lipinski definition) is 3. The van der Waals surface area contributed by atoms with E-state index in [4.69, 9.17) is 11.6 Å². The van der Waals surface area contributed by atoms with E-state index in [9.17, 15) is 9.59 Å². The van der Waals surface area contributed by atoms with Gasteiger partial charge in [-0.25, -0.2) is 0 Å². The fraction of sp³-hybridized carbons (Fsp3) is 0.0667. The van der Waals surface area contributed by atoms with Crippen LogP contribution in [0.25, 0.3) is 0 Å². The summed E-state index contributed by atoms with van der Waals surface area (Å²) < 4.78 is 0. The SMILES string of the molecule is O=C1CSc2ccc(C(=O)Nc3ccc(Cl)cc3)cc2N1. The average Bonchev–Trinajstić information content (AvgIpc) is 2.48. The molecule has 1 heterocycles. The van der Waals surface area contributed by atoms with Gasteiger partial charge in [0.15, 0.2) is 0 Å². The van der Waals surface area contributed by atoms with Gasteiger partial charge < -0.3 is 10.6 Å². The Bertz CT molecular complexity index is 716. The van der Waals surface area contributed by atoms with Gasteiger partial charge in [0.05, 0.1) is 11.4 Å². The van der Waals surface area contributed by atoms with Crippen molar-refractivity contribution in [1.29, 1.82) is 0 Å². The molecule has 0 unspecified atom stereocenters. The molecule has 2 N–H and O–H groups in total. The quantitative estimate of drug-likeness (QED) is 0.889. The molecular weight excluding hydrogens is 308 g/mol. The molecule has 1 aliphatic heterocycles. The molecule has 0 aromatic heterocycles. The zero-order chi connectivity index (χ0) is 14.8. The number of fused-ring (bicyclic) bond motifs is 1. The summed E-state index contributed by atoms with van der Waals surface area (Å²) in [6.45, 7) is 0. The van der Waals surface area contributed by atoms with E-state index in [1.165, 1.54) is 11.8 Å². The Morgan fingerprint density at radius 1 is 1.19 bits per heavy atom. The first kappa shape index (κ1) is 14.0. The molecule has 2 amide bonds. The van der Waals surface area contributed by atoms with Crippen LogP contribution in [0.2, 0.25) is 5.02 Å². The summed E-state index contributed by atoms with van der Waals surface area (Å²) in [5.41, 5.74) is 1.84. The van der Waals surface area contributed by atoms with Crippen molar-refractivity contribution < 1.29 is 9.59 Å². The number of amides is 2. The van der Waals surface area contributed by atoms with Crippen LogP contribution in [0.4, 0.5) is 11.4 Å². The lowest BCUT2D eigenvalue weighted by atomic mass is 10.1. The predicted molar refractivity (Wildman–Crippen MR) is 85.2 cm³/mol. The van der Waals surface area contributed by atoms with Crippen LogP contribution in [-0.2, 0) is 4.79 Å². The van der Waals surface area contributed by atoms with Gasteiger partial charge in [0.2, 0.25) is 5.91 Å². The van der Waals surface area contributed by atoms with E-state index in [1.54, 1.807) is 36.4 Å². The van der Waals surface area contributed by atoms with E-state index < -0.39 is 0 Å². The van der Waals surface area contributed by atoms with Gasteiger partial charge in [-0.1, -0.05) is 11.6 Å². The molecule has 3 rings (SSSR count). The zero-order valence-corrected chi connectivity index (χ0v) is 12.4. The molecule has 4 nitrogen and oxygen atoms in total. The molecular formula is C15H11ClN2O2S. The molecule has 0 radical (unpaired) electrons. The van der Waals surface area contributed by atoms with Gasteiger partial charge in [-0.3, -0.25) is 9.59 Å². The topological polar surface area (TPSA) is 58.2 Å². The summed E-state index contributed by atoms with van der Waals surface area (Å²) in [6.07, 6.45) is 0. The molecule has 2 aromatic carbocycles. The summed E-state index contributed by atoms with van der Waals surface area (Å²) in [6, 6.07) is 12.2. The molecule has 0 bridgehead atoms. The number of halogens is 1. The maximum atomic E-state index is 12.2. The highest BCUT2D eigenvalue weighted by molar-refractivity contribution is 8.00. The summed E-state index contributed by atoms with van der Waals surface area (Å²) in [4.78, 5) is 24.6. The van der Waals surface area contributed by atoms with E-state index in [0.29, 0.717) is 27.7 Å². The molecule has 2 aromatic rings. The molecule has 0 atom stereocenters. The Morgan fingerprint density at radius 3 is 2.71 bits per heavy atom. The predicted octanol–water partition coefficient (Wildman–Crippen LogP) is 3.64. The van der Waals surface area contributed by atoms with E-state index >= 15 is 0 Å². The lowest BCUT2D eigenvalue weighted by molar-refractivity contribution is -0.113. The van der Waals surface area contributed by atoms with Gasteiger partial charge in [0.25, 0.3) is 5.91 Å². The van der Waals surface area contributed by atoms with Gasteiger partial charge in [-0.2, -0.15) is 0 Å². The molecule has 0 saturated carbocycles. The van der Waals surface area contributed by atoms with E-state index in [1.807, 2.05) is 6.07 Å². The number of thioether (sulfide) groups is 1. The summed E-state index contributed by atoms with van der Waals surface area (Å²) in [5.74, 6) is 0.122. The van der Waals surface area contributed by atoms with Crippen molar-refractivity contribution in [2.45, 2.75) is 4.90 Å². The van der Waals surface area contributed by atoms with Gasteiger partial charge in [0.1, 0.15) is 0 Å². The first-order valence-electron chi connectivity index (χ1n) is 6.25. The van der Waals surface area contributed by atoms with Gasteiger partial charge in [-0.05, 0) is 42.5 Å². The Balaban J connectivity index is 1.80. The van der Waals surface area contributed by atoms with Crippen LogP contribution in [0.15, 0.2) is 47.4 Å². The Morgan fingerprint density at radius 2 is 1.95 bits per heavy atom. The number of carbonyl (C=O) groups excluding carboxylic acids is 2. The highest BCUT2D eigenvalue weighted by atomic mass is 35.5. The first-order valence-corrected chi connectivity index (χ1v) is 7.62. The van der Waals surface area contributed by atoms with E-state index in [-0.39, 0.29) is 11.8 Å². The fourth-order valence-electron chi connectivity index (χ4n) is 1.96. The largest absolute Gasteiger partial charge is 0.324 e. The van der Waals surface area contributed by atoms with Crippen molar-refractivity contribution in [2.24, 2.45) is 0 Å². The number of anilines is 2. The minimum Gasteiger partial charge on any atom is -0.324 e. The summed E-state index contributed by atoms with van der Waals surface area (Å²) >= 11 is 7.27. The number of rotatable bonds is 2. The highest BCUT2D eigenvalue weighted by Gasteiger charge is 2.17. The van der Waals surface area contributed by atoms with Crippen molar-refractivity contribution in [3.63, 3.8) is 0 Å². The molecule has 0 spiro atoms. The van der Waals surface area contributed by atoms with Crippen LogP contribution >= 0.6 is 23.4 Å². The van der Waals surface area contributed by atoms with Crippen LogP contribution < -0.4 is 10.6 Å². The summed E-state index contributed by atoms with van der Waals surface area (Å²) in [7, 11) is 0. The van der Waals surface area contributed by atoms with E-state index in [2.05, 4.69) is 10.6 Å². The molecule has 6 heteroatoms. The number of hydrogen-bond donors (Lipinski definition) is 2. The Labute approximate surface area is 130 Å². The van der Waals surface area contributed by atoms with Crippen molar-refractivity contribution in [3.8, 4) is 0 Å². The molecule has 0 fully saturated rings. The molecule has 106 valence electrons. The van der Waals surface area contributed by atoms with Crippen LogP contribution in [0.3, 0.4) is 0 Å². The minimum atomic E-state index is -0.232. The van der Waals surface area contributed by atoms with E-state index in [0.717, 1.165) is 4.90 Å². The van der Waals surface area contributed by atoms with Crippen LogP contribution in [-0.4, -0.2) is 17.6 Å². The van der Waals surface area contributed by atoms with Crippen molar-refractivity contribution >= 4 is 46.6 Å². The lowest BCUT2D eigenvalue weighted by Crippen LogP contribution is -2.19. The second-order valence-electron chi connectivity index (χ2n) is 4.51. The van der Waals surface area contributed by atoms with Crippen molar-refractivity contribution in [2.75, 3.05) is 16.4 Å². The average molecular weight is 319 g/mol. The maximum absolute atomic E-state index is 12.2. The monoisotopic (exact) mass is 318 g/mol. The Hall–Kier alpha value is -1.98. The number of carbonyl (C=O) groups is 2. The third-order valence-corrected chi connectivity index (χ3v) is 4.30. The zero-order valence-electron chi connectivity index (χ0n) is 10.9. The minimum absolute atomic E-state index is 0.0530. The van der Waals surface area contributed by atoms with Crippen LogP contribution in [0.5, 0.6) is 0 Å². The van der Waals surface area contributed by atoms with Crippen LogP contribution in [0, 0.1) is 0 Å². The highest BCUT2D eigenvalue weighted by Crippen LogP contribution is 2.32. The van der Waals surface area contributed by atoms with Gasteiger partial charge in [0, 0.05) is 21.2 Å². The third-order valence-electron chi connectivity index (χ3n) is 2.98. The lowest BCUT2D eigenvalue weighted by Gasteiger charge is -2.17. The second kappa shape index (κ2) is 5.79. The molecule has 21 heavy (non-hydrogen) atoms. The fourth-order valence-corrected chi connectivity index (χ4v) is 2.88. The van der Waals surface area contributed by atoms with Crippen molar-refractivity contribution in [1.82, 2.24) is 0 Å². The smallest absolute Gasteiger partial charge is 0.255 e. The maximum Gasteiger partial charge on any atom is 0.255 e. The van der Waals surface area contributed by atoms with Gasteiger partial charge in [-0.15, -0.1) is 11.8 Å². The standard InChI is InChI=1S/C15H11ClN2O2S/c16-10-2-4-11(5-3-10)17-15(20)9-1-6-13-12(7-9)18-14(19)8-21-13/h1-7H,8H2,(H,17,20)(H,18,19). The van der Waals surface area contributed by atoms with Crippen molar-refractivity contribution in [3.05, 3.63) is 53.1 Å². The molecule has 1 aliphatic rings. The molecule has 0 aliphatic carbocycles. The molecule has 0 saturated heterocycles. The number of benzene rings is 2. The normalized spacial score (nSPS) is 13.3. The van der Waals surface area contributed by atoms with Crippen LogP contribution in [0.1, 0.15) is 10.4 Å². The van der Waals surface area contributed by atoms with Gasteiger partial charge >= 0.3 is 0 Å².